The van der Waals surface area contributed by atoms with Gasteiger partial charge in [-0.25, -0.2) is 4.79 Å². The number of hydrogen-bond donors (Lipinski definition) is 3. The summed E-state index contributed by atoms with van der Waals surface area (Å²) in [5, 5.41) is 15.2. The molecule has 0 aliphatic rings. The van der Waals surface area contributed by atoms with Crippen LogP contribution in [0.5, 0.6) is 17.2 Å². The molecule has 0 heterocycles. The summed E-state index contributed by atoms with van der Waals surface area (Å²) in [5.41, 5.74) is 0.574. The van der Waals surface area contributed by atoms with E-state index in [9.17, 15) is 9.90 Å². The summed E-state index contributed by atoms with van der Waals surface area (Å²) < 4.78 is 10.4. The van der Waals surface area contributed by atoms with Gasteiger partial charge in [0.05, 0.1) is 19.9 Å². The standard InChI is InChI=1S/C15H15ClN2O4/c1-21-12-4-3-5-13(22-2)14(12)18-15(20)17-10-8-9(16)6-7-11(10)19/h3-8,19H,1-2H3,(H2,17,18,20). The molecular formula is C15H15ClN2O4. The van der Waals surface area contributed by atoms with Gasteiger partial charge in [-0.1, -0.05) is 17.7 Å². The average molecular weight is 323 g/mol. The smallest absolute Gasteiger partial charge is 0.324 e. The molecule has 2 aromatic carbocycles. The minimum absolute atomic E-state index is 0.0912. The van der Waals surface area contributed by atoms with Gasteiger partial charge in [-0.15, -0.1) is 0 Å². The number of nitrogens with one attached hydrogen (secondary N) is 2. The van der Waals surface area contributed by atoms with Crippen LogP contribution in [0, 0.1) is 0 Å². The summed E-state index contributed by atoms with van der Waals surface area (Å²) in [6.07, 6.45) is 0. The van der Waals surface area contributed by atoms with Crippen molar-refractivity contribution in [1.29, 1.82) is 0 Å². The van der Waals surface area contributed by atoms with Gasteiger partial charge in [0.1, 0.15) is 22.9 Å². The van der Waals surface area contributed by atoms with Gasteiger partial charge in [-0.2, -0.15) is 0 Å². The molecule has 7 heteroatoms. The van der Waals surface area contributed by atoms with E-state index in [0.717, 1.165) is 0 Å². The van der Waals surface area contributed by atoms with Crippen molar-refractivity contribution in [3.63, 3.8) is 0 Å². The Morgan fingerprint density at radius 2 is 1.73 bits per heavy atom. The number of amides is 2. The number of halogens is 1. The molecule has 0 fully saturated rings. The summed E-state index contributed by atoms with van der Waals surface area (Å²) in [5.74, 6) is 0.807. The fourth-order valence-electron chi connectivity index (χ4n) is 1.85. The van der Waals surface area contributed by atoms with Crippen LogP contribution < -0.4 is 20.1 Å². The van der Waals surface area contributed by atoms with Gasteiger partial charge in [0.15, 0.2) is 0 Å². The number of carbonyl (C=O) groups excluding carboxylic acids is 1. The molecule has 0 radical (unpaired) electrons. The second-order valence-corrected chi connectivity index (χ2v) is 4.71. The van der Waals surface area contributed by atoms with Crippen molar-refractivity contribution in [2.75, 3.05) is 24.9 Å². The summed E-state index contributed by atoms with van der Waals surface area (Å²) in [6, 6.07) is 8.90. The predicted molar refractivity (Wildman–Crippen MR) is 85.3 cm³/mol. The van der Waals surface area contributed by atoms with E-state index in [1.807, 2.05) is 0 Å². The van der Waals surface area contributed by atoms with Crippen molar-refractivity contribution in [2.24, 2.45) is 0 Å². The van der Waals surface area contributed by atoms with Crippen molar-refractivity contribution in [3.05, 3.63) is 41.4 Å². The SMILES string of the molecule is COc1cccc(OC)c1NC(=O)Nc1cc(Cl)ccc1O. The van der Waals surface area contributed by atoms with E-state index in [1.165, 1.54) is 32.4 Å². The third kappa shape index (κ3) is 3.53. The number of anilines is 2. The molecule has 0 spiro atoms. The molecule has 3 N–H and O–H groups in total. The Balaban J connectivity index is 2.20. The Morgan fingerprint density at radius 3 is 2.32 bits per heavy atom. The maximum atomic E-state index is 12.1. The third-order valence-electron chi connectivity index (χ3n) is 2.87. The number of phenolic OH excluding ortho intramolecular Hbond substituents is 1. The molecule has 2 amide bonds. The molecular weight excluding hydrogens is 308 g/mol. The number of benzene rings is 2. The lowest BCUT2D eigenvalue weighted by Gasteiger charge is -2.15. The highest BCUT2D eigenvalue weighted by Crippen LogP contribution is 2.34. The number of phenols is 1. The number of carbonyl (C=O) groups is 1. The van der Waals surface area contributed by atoms with Crippen LogP contribution in [0.25, 0.3) is 0 Å². The Hall–Kier alpha value is -2.60. The molecule has 0 saturated heterocycles. The number of hydrogen-bond acceptors (Lipinski definition) is 4. The van der Waals surface area contributed by atoms with Crippen molar-refractivity contribution in [2.45, 2.75) is 0 Å². The third-order valence-corrected chi connectivity index (χ3v) is 3.11. The second kappa shape index (κ2) is 6.91. The van der Waals surface area contributed by atoms with Gasteiger partial charge in [0.25, 0.3) is 0 Å². The van der Waals surface area contributed by atoms with Crippen molar-refractivity contribution >= 4 is 29.0 Å². The normalized spacial score (nSPS) is 9.95. The Labute approximate surface area is 132 Å². The molecule has 0 atom stereocenters. The molecule has 0 aromatic heterocycles. The largest absolute Gasteiger partial charge is 0.506 e. The van der Waals surface area contributed by atoms with Crippen LogP contribution in [0.3, 0.4) is 0 Å². The van der Waals surface area contributed by atoms with Crippen molar-refractivity contribution < 1.29 is 19.4 Å². The molecule has 6 nitrogen and oxygen atoms in total. The van der Waals surface area contributed by atoms with Gasteiger partial charge < -0.3 is 25.2 Å². The first-order chi connectivity index (χ1) is 10.5. The van der Waals surface area contributed by atoms with E-state index in [-0.39, 0.29) is 11.4 Å². The molecule has 0 aliphatic heterocycles. The quantitative estimate of drug-likeness (QED) is 0.750. The fourth-order valence-corrected chi connectivity index (χ4v) is 2.02. The topological polar surface area (TPSA) is 79.8 Å². The van der Waals surface area contributed by atoms with Gasteiger partial charge in [0, 0.05) is 5.02 Å². The predicted octanol–water partition coefficient (Wildman–Crippen LogP) is 3.71. The molecule has 2 aromatic rings. The van der Waals surface area contributed by atoms with Gasteiger partial charge in [0.2, 0.25) is 0 Å². The molecule has 0 saturated carbocycles. The zero-order valence-corrected chi connectivity index (χ0v) is 12.8. The number of methoxy groups -OCH3 is 2. The minimum Gasteiger partial charge on any atom is -0.506 e. The molecule has 0 unspecified atom stereocenters. The van der Waals surface area contributed by atoms with E-state index >= 15 is 0 Å². The van der Waals surface area contributed by atoms with Crippen molar-refractivity contribution in [3.8, 4) is 17.2 Å². The van der Waals surface area contributed by atoms with E-state index in [1.54, 1.807) is 18.2 Å². The number of rotatable bonds is 4. The zero-order valence-electron chi connectivity index (χ0n) is 12.0. The lowest BCUT2D eigenvalue weighted by molar-refractivity contribution is 0.261. The van der Waals surface area contributed by atoms with Crippen LogP contribution >= 0.6 is 11.6 Å². The molecule has 116 valence electrons. The van der Waals surface area contributed by atoms with Crippen LogP contribution in [-0.4, -0.2) is 25.4 Å². The zero-order chi connectivity index (χ0) is 16.1. The first-order valence-electron chi connectivity index (χ1n) is 6.32. The molecule has 0 aliphatic carbocycles. The number of aromatic hydroxyl groups is 1. The molecule has 0 bridgehead atoms. The van der Waals surface area contributed by atoms with Crippen molar-refractivity contribution in [1.82, 2.24) is 0 Å². The average Bonchev–Trinajstić information content (AvgIpc) is 2.51. The molecule has 22 heavy (non-hydrogen) atoms. The van der Waals surface area contributed by atoms with Gasteiger partial charge >= 0.3 is 6.03 Å². The number of urea groups is 1. The van der Waals surface area contributed by atoms with E-state index < -0.39 is 6.03 Å². The monoisotopic (exact) mass is 322 g/mol. The van der Waals surface area contributed by atoms with E-state index in [4.69, 9.17) is 21.1 Å². The maximum absolute atomic E-state index is 12.1. The molecule has 2 rings (SSSR count). The van der Waals surface area contributed by atoms with Crippen LogP contribution in [0.4, 0.5) is 16.2 Å². The van der Waals surface area contributed by atoms with Gasteiger partial charge in [-0.3, -0.25) is 0 Å². The van der Waals surface area contributed by atoms with Crippen LogP contribution in [0.15, 0.2) is 36.4 Å². The minimum atomic E-state index is -0.569. The highest BCUT2D eigenvalue weighted by molar-refractivity contribution is 6.31. The lowest BCUT2D eigenvalue weighted by atomic mass is 10.2. The highest BCUT2D eigenvalue weighted by Gasteiger charge is 2.14. The van der Waals surface area contributed by atoms with Crippen LogP contribution in [0.1, 0.15) is 0 Å². The number of ether oxygens (including phenoxy) is 2. The summed E-state index contributed by atoms with van der Waals surface area (Å²) >= 11 is 5.83. The summed E-state index contributed by atoms with van der Waals surface area (Å²) in [6.45, 7) is 0. The van der Waals surface area contributed by atoms with Crippen LogP contribution in [-0.2, 0) is 0 Å². The summed E-state index contributed by atoms with van der Waals surface area (Å²) in [7, 11) is 2.97. The van der Waals surface area contributed by atoms with E-state index in [0.29, 0.717) is 22.2 Å². The fraction of sp³-hybridized carbons (Fsp3) is 0.133. The first-order valence-corrected chi connectivity index (χ1v) is 6.70. The summed E-state index contributed by atoms with van der Waals surface area (Å²) in [4.78, 5) is 12.1. The Kier molecular flexibility index (Phi) is 4.95. The van der Waals surface area contributed by atoms with Gasteiger partial charge in [-0.05, 0) is 30.3 Å². The Bertz CT molecular complexity index is 669. The Morgan fingerprint density at radius 1 is 1.09 bits per heavy atom. The van der Waals surface area contributed by atoms with E-state index in [2.05, 4.69) is 10.6 Å². The maximum Gasteiger partial charge on any atom is 0.324 e. The highest BCUT2D eigenvalue weighted by atomic mass is 35.5. The number of para-hydroxylation sites is 1. The van der Waals surface area contributed by atoms with Crippen LogP contribution in [0.2, 0.25) is 5.02 Å². The lowest BCUT2D eigenvalue weighted by Crippen LogP contribution is -2.20. The first kappa shape index (κ1) is 15.8. The second-order valence-electron chi connectivity index (χ2n) is 4.28.